The van der Waals surface area contributed by atoms with Gasteiger partial charge in [-0.1, -0.05) is 6.42 Å². The van der Waals surface area contributed by atoms with E-state index >= 15 is 0 Å². The summed E-state index contributed by atoms with van der Waals surface area (Å²) in [6.07, 6.45) is 4.05. The molecule has 2 heterocycles. The summed E-state index contributed by atoms with van der Waals surface area (Å²) in [5.41, 5.74) is -1.10. The number of carbonyl (C=O) groups is 2. The molecule has 1 N–H and O–H groups in total. The van der Waals surface area contributed by atoms with E-state index in [0.29, 0.717) is 32.0 Å². The molecular formula is C21H28F2N3O3+. The van der Waals surface area contributed by atoms with Crippen LogP contribution in [-0.4, -0.2) is 73.2 Å². The minimum absolute atomic E-state index is 0.118. The summed E-state index contributed by atoms with van der Waals surface area (Å²) < 4.78 is 33.9. The molecule has 0 radical (unpaired) electrons. The first kappa shape index (κ1) is 20.2. The predicted octanol–water partition coefficient (Wildman–Crippen LogP) is 0.823. The largest absolute Gasteiger partial charge is 0.353 e. The van der Waals surface area contributed by atoms with Gasteiger partial charge in [0, 0.05) is 6.07 Å². The number of benzene rings is 1. The molecule has 1 atom stereocenters. The molecule has 0 aromatic heterocycles. The predicted molar refractivity (Wildman–Crippen MR) is 101 cm³/mol. The lowest BCUT2D eigenvalue weighted by atomic mass is 9.89. The number of nitrogens with one attached hydrogen (secondary N) is 1. The number of piperazine rings is 1. The number of halogens is 2. The molecule has 4 rings (SSSR count). The minimum atomic E-state index is -0.915. The summed E-state index contributed by atoms with van der Waals surface area (Å²) in [5.74, 6) is -2.39. The summed E-state index contributed by atoms with van der Waals surface area (Å²) in [5, 5.41) is 0. The first-order valence-corrected chi connectivity index (χ1v) is 10.4. The highest BCUT2D eigenvalue weighted by Gasteiger charge is 2.54. The Labute approximate surface area is 169 Å². The quantitative estimate of drug-likeness (QED) is 0.789. The molecule has 2 amide bonds. The molecule has 3 aliphatic rings. The van der Waals surface area contributed by atoms with Crippen molar-refractivity contribution in [3.63, 3.8) is 0 Å². The molecule has 29 heavy (non-hydrogen) atoms. The first-order valence-electron chi connectivity index (χ1n) is 10.4. The highest BCUT2D eigenvalue weighted by atomic mass is 19.1. The lowest BCUT2D eigenvalue weighted by Gasteiger charge is -2.42. The van der Waals surface area contributed by atoms with Crippen molar-refractivity contribution in [3.8, 4) is 0 Å². The van der Waals surface area contributed by atoms with Crippen LogP contribution in [0.4, 0.5) is 8.78 Å². The summed E-state index contributed by atoms with van der Waals surface area (Å²) in [7, 11) is 2.09. The van der Waals surface area contributed by atoms with Gasteiger partial charge < -0.3 is 14.5 Å². The number of ether oxygens (including phenoxy) is 1. The monoisotopic (exact) mass is 408 g/mol. The van der Waals surface area contributed by atoms with E-state index < -0.39 is 29.3 Å². The number of rotatable bonds is 2. The van der Waals surface area contributed by atoms with Gasteiger partial charge >= 0.3 is 0 Å². The SMILES string of the molecule is C[NH+]1CCN(C(=O)[C@H]2COC3(CCCCC3)N2C(=O)c2ccc(F)cc2F)CC1. The van der Waals surface area contributed by atoms with Crippen LogP contribution in [-0.2, 0) is 9.53 Å². The van der Waals surface area contributed by atoms with Crippen molar-refractivity contribution < 1.29 is 28.0 Å². The van der Waals surface area contributed by atoms with Crippen LogP contribution in [0.5, 0.6) is 0 Å². The molecule has 6 nitrogen and oxygen atoms in total. The fourth-order valence-corrected chi connectivity index (χ4v) is 4.77. The Morgan fingerprint density at radius 1 is 1.14 bits per heavy atom. The Balaban J connectivity index is 1.65. The smallest absolute Gasteiger partial charge is 0.259 e. The fourth-order valence-electron chi connectivity index (χ4n) is 4.77. The van der Waals surface area contributed by atoms with Crippen LogP contribution < -0.4 is 4.90 Å². The van der Waals surface area contributed by atoms with E-state index in [1.165, 1.54) is 9.80 Å². The van der Waals surface area contributed by atoms with E-state index in [1.807, 2.05) is 0 Å². The van der Waals surface area contributed by atoms with Gasteiger partial charge in [0.2, 0.25) is 5.91 Å². The molecule has 158 valence electrons. The summed E-state index contributed by atoms with van der Waals surface area (Å²) in [6.45, 7) is 3.07. The van der Waals surface area contributed by atoms with Crippen molar-refractivity contribution in [2.75, 3.05) is 39.8 Å². The number of quaternary nitrogens is 1. The topological polar surface area (TPSA) is 54.3 Å². The van der Waals surface area contributed by atoms with E-state index in [9.17, 15) is 18.4 Å². The van der Waals surface area contributed by atoms with Gasteiger partial charge in [0.1, 0.15) is 23.4 Å². The maximum Gasteiger partial charge on any atom is 0.259 e. The summed E-state index contributed by atoms with van der Waals surface area (Å²) in [4.78, 5) is 31.3. The normalized spacial score (nSPS) is 24.9. The Morgan fingerprint density at radius 3 is 2.48 bits per heavy atom. The van der Waals surface area contributed by atoms with Gasteiger partial charge in [-0.05, 0) is 37.8 Å². The average Bonchev–Trinajstić information content (AvgIpc) is 3.06. The molecule has 0 unspecified atom stereocenters. The number of amides is 2. The third-order valence-electron chi connectivity index (χ3n) is 6.49. The molecule has 1 aromatic carbocycles. The molecular weight excluding hydrogens is 380 g/mol. The second kappa shape index (κ2) is 7.99. The van der Waals surface area contributed by atoms with Crippen molar-refractivity contribution in [1.29, 1.82) is 0 Å². The van der Waals surface area contributed by atoms with Crippen LogP contribution >= 0.6 is 0 Å². The van der Waals surface area contributed by atoms with Crippen molar-refractivity contribution in [3.05, 3.63) is 35.4 Å². The van der Waals surface area contributed by atoms with E-state index in [4.69, 9.17) is 4.74 Å². The van der Waals surface area contributed by atoms with E-state index in [2.05, 4.69) is 7.05 Å². The Kier molecular flexibility index (Phi) is 5.57. The molecule has 0 bridgehead atoms. The highest BCUT2D eigenvalue weighted by molar-refractivity contribution is 5.98. The third-order valence-corrected chi connectivity index (χ3v) is 6.49. The fraction of sp³-hybridized carbons (Fsp3) is 0.619. The lowest BCUT2D eigenvalue weighted by molar-refractivity contribution is -0.883. The number of carbonyl (C=O) groups excluding carboxylic acids is 2. The average molecular weight is 408 g/mol. The van der Waals surface area contributed by atoms with Crippen LogP contribution in [0, 0.1) is 11.6 Å². The zero-order valence-corrected chi connectivity index (χ0v) is 16.8. The van der Waals surface area contributed by atoms with Crippen LogP contribution in [0.25, 0.3) is 0 Å². The van der Waals surface area contributed by atoms with Crippen molar-refractivity contribution >= 4 is 11.8 Å². The Hall–Kier alpha value is -2.06. The standard InChI is InChI=1S/C21H27F2N3O3/c1-24-9-11-25(12-10-24)20(28)18-14-29-21(7-3-2-4-8-21)26(18)19(27)16-6-5-15(22)13-17(16)23/h5-6,13,18H,2-4,7-12,14H2,1H3/p+1/t18-/m1/s1. The molecule has 8 heteroatoms. The molecule has 1 aliphatic carbocycles. The van der Waals surface area contributed by atoms with Gasteiger partial charge in [0.15, 0.2) is 0 Å². The van der Waals surface area contributed by atoms with Crippen LogP contribution in [0.3, 0.4) is 0 Å². The van der Waals surface area contributed by atoms with E-state index in [0.717, 1.165) is 44.5 Å². The van der Waals surface area contributed by atoms with Gasteiger partial charge in [-0.25, -0.2) is 8.78 Å². The lowest BCUT2D eigenvalue weighted by Crippen LogP contribution is -3.12. The third kappa shape index (κ3) is 3.75. The maximum absolute atomic E-state index is 14.4. The number of likely N-dealkylation sites (N-methyl/N-ethyl adjacent to an activating group) is 1. The van der Waals surface area contributed by atoms with Crippen LogP contribution in [0.15, 0.2) is 18.2 Å². The highest BCUT2D eigenvalue weighted by Crippen LogP contribution is 2.42. The zero-order chi connectivity index (χ0) is 20.6. The molecule has 1 aromatic rings. The first-order chi connectivity index (χ1) is 13.9. The second-order valence-corrected chi connectivity index (χ2v) is 8.42. The van der Waals surface area contributed by atoms with E-state index in [-0.39, 0.29) is 18.1 Å². The molecule has 3 fully saturated rings. The van der Waals surface area contributed by atoms with Crippen molar-refractivity contribution in [1.82, 2.24) is 9.80 Å². The van der Waals surface area contributed by atoms with Gasteiger partial charge in [-0.2, -0.15) is 0 Å². The number of hydrogen-bond acceptors (Lipinski definition) is 3. The second-order valence-electron chi connectivity index (χ2n) is 8.42. The maximum atomic E-state index is 14.4. The molecule has 2 saturated heterocycles. The zero-order valence-electron chi connectivity index (χ0n) is 16.8. The summed E-state index contributed by atoms with van der Waals surface area (Å²) >= 11 is 0. The molecule has 1 saturated carbocycles. The van der Waals surface area contributed by atoms with Gasteiger partial charge in [-0.15, -0.1) is 0 Å². The number of nitrogens with zero attached hydrogens (tertiary/aromatic N) is 2. The van der Waals surface area contributed by atoms with Crippen molar-refractivity contribution in [2.45, 2.75) is 43.9 Å². The van der Waals surface area contributed by atoms with Crippen molar-refractivity contribution in [2.24, 2.45) is 0 Å². The summed E-state index contributed by atoms with van der Waals surface area (Å²) in [6, 6.07) is 2.16. The Morgan fingerprint density at radius 2 is 1.83 bits per heavy atom. The van der Waals surface area contributed by atoms with Gasteiger partial charge in [0.25, 0.3) is 5.91 Å². The molecule has 1 spiro atoms. The molecule has 2 aliphatic heterocycles. The van der Waals surface area contributed by atoms with Gasteiger partial charge in [0.05, 0.1) is 45.4 Å². The van der Waals surface area contributed by atoms with Gasteiger partial charge in [-0.3, -0.25) is 14.5 Å². The van der Waals surface area contributed by atoms with E-state index in [1.54, 1.807) is 4.90 Å². The van der Waals surface area contributed by atoms with Crippen LogP contribution in [0.2, 0.25) is 0 Å². The van der Waals surface area contributed by atoms with Crippen LogP contribution in [0.1, 0.15) is 42.5 Å². The Bertz CT molecular complexity index is 789. The number of hydrogen-bond donors (Lipinski definition) is 1. The minimum Gasteiger partial charge on any atom is -0.353 e.